The maximum atomic E-state index is 11.5. The number of hydrogen-bond acceptors (Lipinski definition) is 4. The molecule has 0 spiro atoms. The van der Waals surface area contributed by atoms with Gasteiger partial charge in [0.25, 0.3) is 0 Å². The minimum atomic E-state index is -0.556. The minimum absolute atomic E-state index is 0.0811. The number of aliphatic hydroxyl groups is 1. The quantitative estimate of drug-likeness (QED) is 0.390. The minimum Gasteiger partial charge on any atom is -0.495 e. The van der Waals surface area contributed by atoms with E-state index in [9.17, 15) is 5.11 Å². The third-order valence-corrected chi connectivity index (χ3v) is 7.30. The highest BCUT2D eigenvalue weighted by molar-refractivity contribution is 6.37. The van der Waals surface area contributed by atoms with Gasteiger partial charge in [-0.2, -0.15) is 0 Å². The van der Waals surface area contributed by atoms with Crippen LogP contribution in [0.2, 0.25) is 10.0 Å². The molecule has 33 heavy (non-hydrogen) atoms. The number of halogens is 2. The summed E-state index contributed by atoms with van der Waals surface area (Å²) in [4.78, 5) is 4.82. The van der Waals surface area contributed by atoms with Gasteiger partial charge in [0.15, 0.2) is 0 Å². The summed E-state index contributed by atoms with van der Waals surface area (Å²) in [6.07, 6.45) is 2.61. The number of anilines is 1. The highest BCUT2D eigenvalue weighted by atomic mass is 35.5. The zero-order valence-corrected chi connectivity index (χ0v) is 20.8. The number of aliphatic hydroxyl groups excluding tert-OH is 1. The molecule has 1 aliphatic rings. The molecule has 1 N–H and O–H groups in total. The van der Waals surface area contributed by atoms with Crippen LogP contribution in [0.15, 0.2) is 54.6 Å². The Morgan fingerprint density at radius 1 is 1.00 bits per heavy atom. The van der Waals surface area contributed by atoms with Crippen molar-refractivity contribution in [3.8, 4) is 5.75 Å². The van der Waals surface area contributed by atoms with Gasteiger partial charge >= 0.3 is 0 Å². The highest BCUT2D eigenvalue weighted by Gasteiger charge is 2.30. The van der Waals surface area contributed by atoms with Crippen molar-refractivity contribution in [1.82, 2.24) is 4.90 Å². The first-order chi connectivity index (χ1) is 16.0. The number of piperazine rings is 1. The number of nitrogens with zero attached hydrogens (tertiary/aromatic N) is 2. The van der Waals surface area contributed by atoms with Gasteiger partial charge < -0.3 is 14.7 Å². The van der Waals surface area contributed by atoms with Gasteiger partial charge in [-0.1, -0.05) is 67.2 Å². The molecule has 0 radical (unpaired) electrons. The summed E-state index contributed by atoms with van der Waals surface area (Å²) in [5.74, 6) is 0.663. The van der Waals surface area contributed by atoms with Crippen molar-refractivity contribution in [2.24, 2.45) is 0 Å². The molecule has 0 aliphatic carbocycles. The largest absolute Gasteiger partial charge is 0.495 e. The van der Waals surface area contributed by atoms with E-state index in [4.69, 9.17) is 27.9 Å². The third kappa shape index (κ3) is 5.41. The molecule has 0 aromatic heterocycles. The van der Waals surface area contributed by atoms with Crippen LogP contribution in [-0.4, -0.2) is 49.3 Å². The second kappa shape index (κ2) is 11.0. The van der Waals surface area contributed by atoms with Crippen molar-refractivity contribution in [2.45, 2.75) is 38.3 Å². The molecule has 3 aromatic rings. The van der Waals surface area contributed by atoms with Gasteiger partial charge in [0, 0.05) is 48.3 Å². The fourth-order valence-corrected chi connectivity index (χ4v) is 5.29. The number of benzene rings is 3. The van der Waals surface area contributed by atoms with Crippen molar-refractivity contribution in [2.75, 3.05) is 38.2 Å². The summed E-state index contributed by atoms with van der Waals surface area (Å²) in [7, 11) is 1.62. The number of unbranched alkanes of at least 4 members (excludes halogenated alkanes) is 1. The Hall–Kier alpha value is -1.98. The molecule has 1 heterocycles. The van der Waals surface area contributed by atoms with Crippen molar-refractivity contribution in [3.05, 3.63) is 70.2 Å². The zero-order chi connectivity index (χ0) is 23.4. The molecule has 4 rings (SSSR count). The Kier molecular flexibility index (Phi) is 8.02. The molecule has 6 heteroatoms. The molecule has 1 fully saturated rings. The Bertz CT molecular complexity index is 1080. The van der Waals surface area contributed by atoms with Crippen molar-refractivity contribution in [3.63, 3.8) is 0 Å². The molecule has 4 nitrogen and oxygen atoms in total. The lowest BCUT2D eigenvalue weighted by molar-refractivity contribution is 0.0386. The lowest BCUT2D eigenvalue weighted by Crippen LogP contribution is -2.52. The predicted molar refractivity (Wildman–Crippen MR) is 139 cm³/mol. The van der Waals surface area contributed by atoms with Crippen molar-refractivity contribution >= 4 is 39.7 Å². The Balaban J connectivity index is 1.52. The van der Waals surface area contributed by atoms with Gasteiger partial charge in [-0.15, -0.1) is 0 Å². The maximum Gasteiger partial charge on any atom is 0.138 e. The maximum absolute atomic E-state index is 11.5. The van der Waals surface area contributed by atoms with Gasteiger partial charge in [-0.05, 0) is 47.7 Å². The van der Waals surface area contributed by atoms with Crippen LogP contribution >= 0.6 is 23.2 Å². The summed E-state index contributed by atoms with van der Waals surface area (Å²) < 4.78 is 5.34. The third-order valence-electron chi connectivity index (χ3n) is 6.68. The first kappa shape index (κ1) is 24.2. The van der Waals surface area contributed by atoms with E-state index in [2.05, 4.69) is 28.9 Å². The summed E-state index contributed by atoms with van der Waals surface area (Å²) in [5, 5.41) is 14.8. The fraction of sp³-hybridized carbons (Fsp3) is 0.407. The molecule has 2 atom stereocenters. The number of fused-ring (bicyclic) bond motifs is 1. The van der Waals surface area contributed by atoms with Crippen LogP contribution in [0.1, 0.15) is 37.9 Å². The highest BCUT2D eigenvalue weighted by Crippen LogP contribution is 2.35. The van der Waals surface area contributed by atoms with E-state index in [0.29, 0.717) is 10.8 Å². The molecule has 0 bridgehead atoms. The van der Waals surface area contributed by atoms with Crippen molar-refractivity contribution < 1.29 is 9.84 Å². The summed E-state index contributed by atoms with van der Waals surface area (Å²) in [5.41, 5.74) is 2.09. The van der Waals surface area contributed by atoms with Crippen LogP contribution in [0.4, 0.5) is 5.69 Å². The molecule has 0 amide bonds. The lowest BCUT2D eigenvalue weighted by Gasteiger charge is -2.42. The van der Waals surface area contributed by atoms with E-state index in [0.717, 1.165) is 72.5 Å². The number of rotatable bonds is 8. The smallest absolute Gasteiger partial charge is 0.138 e. The molecule has 1 saturated heterocycles. The second-order valence-corrected chi connectivity index (χ2v) is 9.53. The topological polar surface area (TPSA) is 35.9 Å². The van der Waals surface area contributed by atoms with E-state index < -0.39 is 6.10 Å². The average molecular weight is 487 g/mol. The monoisotopic (exact) mass is 486 g/mol. The zero-order valence-electron chi connectivity index (χ0n) is 19.3. The van der Waals surface area contributed by atoms with Crippen LogP contribution in [0.3, 0.4) is 0 Å². The second-order valence-electron chi connectivity index (χ2n) is 8.72. The molecule has 3 aromatic carbocycles. The van der Waals surface area contributed by atoms with E-state index in [1.54, 1.807) is 7.11 Å². The van der Waals surface area contributed by atoms with Gasteiger partial charge in [-0.25, -0.2) is 0 Å². The van der Waals surface area contributed by atoms with Gasteiger partial charge in [0.1, 0.15) is 5.75 Å². The summed E-state index contributed by atoms with van der Waals surface area (Å²) in [6.45, 7) is 5.86. The van der Waals surface area contributed by atoms with Gasteiger partial charge in [0.2, 0.25) is 0 Å². The SMILES string of the molecule is CCCC[C@H]([C@H](O)c1ccc2c(Cl)c(OC)ccc2c1)N1CCN(c2cccc(Cl)c2)CC1. The van der Waals surface area contributed by atoms with E-state index in [-0.39, 0.29) is 6.04 Å². The number of methoxy groups -OCH3 is 1. The van der Waals surface area contributed by atoms with E-state index in [1.165, 1.54) is 0 Å². The van der Waals surface area contributed by atoms with Crippen LogP contribution < -0.4 is 9.64 Å². The first-order valence-electron chi connectivity index (χ1n) is 11.7. The average Bonchev–Trinajstić information content (AvgIpc) is 2.84. The Morgan fingerprint density at radius 3 is 2.48 bits per heavy atom. The van der Waals surface area contributed by atoms with Gasteiger partial charge in [-0.3, -0.25) is 4.90 Å². The molecule has 0 unspecified atom stereocenters. The Labute approximate surface area is 206 Å². The van der Waals surface area contributed by atoms with Crippen molar-refractivity contribution in [1.29, 1.82) is 0 Å². The van der Waals surface area contributed by atoms with Crippen LogP contribution in [0.5, 0.6) is 5.75 Å². The normalized spacial score (nSPS) is 16.7. The summed E-state index contributed by atoms with van der Waals surface area (Å²) in [6, 6.07) is 18.1. The molecule has 1 aliphatic heterocycles. The molecule has 176 valence electrons. The predicted octanol–water partition coefficient (Wildman–Crippen LogP) is 6.57. The standard InChI is InChI=1S/C27H32Cl2N2O2/c1-3-4-8-24(31-15-13-30(14-16-31)22-7-5-6-21(28)18-22)27(32)20-9-11-23-19(17-20)10-12-25(33-2)26(23)29/h5-7,9-12,17-18,24,27,32H,3-4,8,13-16H2,1-2H3/t24-,27-/m1/s1. The molecular formula is C27H32Cl2N2O2. The fourth-order valence-electron chi connectivity index (χ4n) is 4.79. The van der Waals surface area contributed by atoms with Crippen LogP contribution in [-0.2, 0) is 0 Å². The Morgan fingerprint density at radius 2 is 1.79 bits per heavy atom. The molecule has 0 saturated carbocycles. The van der Waals surface area contributed by atoms with E-state index in [1.807, 2.05) is 42.5 Å². The number of hydrogen-bond donors (Lipinski definition) is 1. The van der Waals surface area contributed by atoms with E-state index >= 15 is 0 Å². The van der Waals surface area contributed by atoms with Crippen LogP contribution in [0, 0.1) is 0 Å². The summed E-state index contributed by atoms with van der Waals surface area (Å²) >= 11 is 12.7. The van der Waals surface area contributed by atoms with Gasteiger partial charge in [0.05, 0.1) is 18.2 Å². The molecular weight excluding hydrogens is 455 g/mol. The first-order valence-corrected chi connectivity index (χ1v) is 12.5. The number of ether oxygens (including phenoxy) is 1. The van der Waals surface area contributed by atoms with Crippen LogP contribution in [0.25, 0.3) is 10.8 Å². The lowest BCUT2D eigenvalue weighted by atomic mass is 9.94.